The number of nitrogens with zero attached hydrogens (tertiary/aromatic N) is 3. The van der Waals surface area contributed by atoms with Crippen LogP contribution in [0.15, 0.2) is 105 Å². The lowest BCUT2D eigenvalue weighted by Crippen LogP contribution is -2.38. The molecule has 3 heterocycles. The summed E-state index contributed by atoms with van der Waals surface area (Å²) in [5.41, 5.74) is 10.3. The molecule has 0 fully saturated rings. The number of rotatable bonds is 3. The topological polar surface area (TPSA) is 39.3 Å². The maximum Gasteiger partial charge on any atom is 0.271 e. The van der Waals surface area contributed by atoms with E-state index in [1.54, 1.807) is 0 Å². The number of hydrogen-bond acceptors (Lipinski definition) is 3. The number of allylic oxidation sites excluding steroid dienone is 1. The van der Waals surface area contributed by atoms with Crippen LogP contribution >= 0.6 is 27.3 Å². The molecule has 4 nitrogen and oxygen atoms in total. The van der Waals surface area contributed by atoms with Crippen LogP contribution in [-0.2, 0) is 6.42 Å². The number of aromatic nitrogens is 2. The Balaban J connectivity index is 1.43. The molecule has 2 aliphatic rings. The van der Waals surface area contributed by atoms with Crippen molar-refractivity contribution in [3.8, 4) is 5.69 Å². The van der Waals surface area contributed by atoms with Gasteiger partial charge in [0.25, 0.3) is 5.56 Å². The predicted molar refractivity (Wildman–Crippen MR) is 162 cm³/mol. The maximum atomic E-state index is 14.1. The van der Waals surface area contributed by atoms with Crippen molar-refractivity contribution < 1.29 is 0 Å². The molecule has 3 aromatic carbocycles. The van der Waals surface area contributed by atoms with Gasteiger partial charge in [-0.25, -0.2) is 4.99 Å². The van der Waals surface area contributed by atoms with Gasteiger partial charge in [-0.1, -0.05) is 81.9 Å². The third-order valence-electron chi connectivity index (χ3n) is 7.83. The Morgan fingerprint density at radius 1 is 0.949 bits per heavy atom. The summed E-state index contributed by atoms with van der Waals surface area (Å²) < 4.78 is 5.91. The molecule has 5 aromatic rings. The van der Waals surface area contributed by atoms with Crippen molar-refractivity contribution in [3.63, 3.8) is 0 Å². The summed E-state index contributed by atoms with van der Waals surface area (Å²) in [6, 6.07) is 29.3. The first-order valence-corrected chi connectivity index (χ1v) is 14.7. The zero-order valence-electron chi connectivity index (χ0n) is 21.7. The van der Waals surface area contributed by atoms with E-state index < -0.39 is 0 Å². The van der Waals surface area contributed by atoms with Gasteiger partial charge in [-0.15, -0.1) is 0 Å². The van der Waals surface area contributed by atoms with Crippen LogP contribution in [0.1, 0.15) is 46.1 Å². The maximum absolute atomic E-state index is 14.1. The van der Waals surface area contributed by atoms with E-state index in [4.69, 9.17) is 4.99 Å². The largest absolute Gasteiger partial charge is 0.318 e. The first-order chi connectivity index (χ1) is 19.0. The van der Waals surface area contributed by atoms with Crippen LogP contribution in [-0.4, -0.2) is 9.13 Å². The molecule has 1 aliphatic heterocycles. The minimum absolute atomic E-state index is 0.0199. The van der Waals surface area contributed by atoms with Crippen LogP contribution in [0.3, 0.4) is 0 Å². The van der Waals surface area contributed by atoms with Crippen molar-refractivity contribution in [2.24, 2.45) is 4.99 Å². The second-order valence-electron chi connectivity index (χ2n) is 10.2. The second kappa shape index (κ2) is 9.47. The van der Waals surface area contributed by atoms with Gasteiger partial charge in [0.05, 0.1) is 16.3 Å². The molecule has 0 bridgehead atoms. The van der Waals surface area contributed by atoms with E-state index in [-0.39, 0.29) is 11.6 Å². The Hall–Kier alpha value is -3.74. The highest BCUT2D eigenvalue weighted by atomic mass is 79.9. The minimum Gasteiger partial charge on any atom is -0.318 e. The molecule has 39 heavy (non-hydrogen) atoms. The first kappa shape index (κ1) is 24.3. The lowest BCUT2D eigenvalue weighted by molar-refractivity contribution is 0.585. The van der Waals surface area contributed by atoms with Crippen LogP contribution in [0.25, 0.3) is 17.5 Å². The van der Waals surface area contributed by atoms with Gasteiger partial charge in [0, 0.05) is 27.1 Å². The molecule has 0 amide bonds. The standard InChI is InChI=1S/C33H26BrN3OS/c1-20-18-24(21(2)36(20)26-15-13-25(34)14-16-26)19-29-32(38)37-31(23-9-4-3-5-10-23)28-17-12-22-8-6-7-11-27(22)30(28)35-33(37)39-29/h3-11,13-16,18-19,31H,12,17H2,1-2H3/b29-19+/t31-/m1/s1. The molecule has 0 saturated heterocycles. The van der Waals surface area contributed by atoms with E-state index in [9.17, 15) is 4.79 Å². The van der Waals surface area contributed by atoms with Gasteiger partial charge in [-0.05, 0) is 85.4 Å². The fourth-order valence-corrected chi connectivity index (χ4v) is 7.28. The number of benzene rings is 3. The quantitative estimate of drug-likeness (QED) is 0.236. The molecule has 0 spiro atoms. The van der Waals surface area contributed by atoms with E-state index in [1.807, 2.05) is 16.7 Å². The van der Waals surface area contributed by atoms with E-state index in [1.165, 1.54) is 28.0 Å². The van der Waals surface area contributed by atoms with Crippen molar-refractivity contribution in [2.45, 2.75) is 32.7 Å². The SMILES string of the molecule is Cc1cc(/C=c2/sc3n(c2=O)[C@H](c2ccccc2)C2=C(N=3)c3ccccc3CC2)c(C)n1-c1ccc(Br)cc1. The second-order valence-corrected chi connectivity index (χ2v) is 12.1. The van der Waals surface area contributed by atoms with Crippen molar-refractivity contribution in [2.75, 3.05) is 0 Å². The average molecular weight is 593 g/mol. The monoisotopic (exact) mass is 591 g/mol. The third-order valence-corrected chi connectivity index (χ3v) is 9.34. The fourth-order valence-electron chi connectivity index (χ4n) is 6.02. The van der Waals surface area contributed by atoms with Crippen LogP contribution < -0.4 is 14.9 Å². The van der Waals surface area contributed by atoms with E-state index >= 15 is 0 Å². The highest BCUT2D eigenvalue weighted by molar-refractivity contribution is 9.10. The fraction of sp³-hybridized carbons (Fsp3) is 0.152. The number of thiazole rings is 1. The van der Waals surface area contributed by atoms with Gasteiger partial charge in [0.15, 0.2) is 4.80 Å². The summed E-state index contributed by atoms with van der Waals surface area (Å²) in [5.74, 6) is 0. The molecule has 0 saturated carbocycles. The zero-order chi connectivity index (χ0) is 26.7. The lowest BCUT2D eigenvalue weighted by atomic mass is 9.83. The van der Waals surface area contributed by atoms with E-state index in [0.717, 1.165) is 56.0 Å². The molecule has 7 rings (SSSR count). The van der Waals surface area contributed by atoms with Crippen LogP contribution in [0.2, 0.25) is 0 Å². The average Bonchev–Trinajstić information content (AvgIpc) is 3.42. The van der Waals surface area contributed by atoms with Crippen molar-refractivity contribution in [1.29, 1.82) is 0 Å². The number of halogens is 1. The molecule has 0 N–H and O–H groups in total. The van der Waals surface area contributed by atoms with E-state index in [2.05, 4.69) is 113 Å². The molecule has 0 radical (unpaired) electrons. The van der Waals surface area contributed by atoms with Crippen molar-refractivity contribution in [3.05, 3.63) is 148 Å². The van der Waals surface area contributed by atoms with Gasteiger partial charge in [0.2, 0.25) is 0 Å². The van der Waals surface area contributed by atoms with Gasteiger partial charge >= 0.3 is 0 Å². The van der Waals surface area contributed by atoms with Gasteiger partial charge < -0.3 is 4.57 Å². The summed E-state index contributed by atoms with van der Waals surface area (Å²) in [7, 11) is 0. The van der Waals surface area contributed by atoms with Crippen molar-refractivity contribution >= 4 is 39.0 Å². The Morgan fingerprint density at radius 3 is 2.49 bits per heavy atom. The lowest BCUT2D eigenvalue weighted by Gasteiger charge is -2.30. The molecular formula is C33H26BrN3OS. The molecule has 6 heteroatoms. The molecule has 0 unspecified atom stereocenters. The number of aryl methyl sites for hydroxylation is 2. The molecular weight excluding hydrogens is 566 g/mol. The molecule has 1 aliphatic carbocycles. The minimum atomic E-state index is -0.150. The highest BCUT2D eigenvalue weighted by Gasteiger charge is 2.32. The van der Waals surface area contributed by atoms with Gasteiger partial charge in [0.1, 0.15) is 0 Å². The van der Waals surface area contributed by atoms with E-state index in [0.29, 0.717) is 4.53 Å². The van der Waals surface area contributed by atoms with Gasteiger partial charge in [-0.3, -0.25) is 9.36 Å². The molecule has 192 valence electrons. The summed E-state index contributed by atoms with van der Waals surface area (Å²) in [6.07, 6.45) is 3.90. The van der Waals surface area contributed by atoms with Crippen molar-refractivity contribution in [1.82, 2.24) is 9.13 Å². The highest BCUT2D eigenvalue weighted by Crippen LogP contribution is 2.41. The van der Waals surface area contributed by atoms with Gasteiger partial charge in [-0.2, -0.15) is 0 Å². The van der Waals surface area contributed by atoms with Crippen LogP contribution in [0.5, 0.6) is 0 Å². The number of fused-ring (bicyclic) bond motifs is 3. The first-order valence-electron chi connectivity index (χ1n) is 13.1. The smallest absolute Gasteiger partial charge is 0.271 e. The summed E-state index contributed by atoms with van der Waals surface area (Å²) in [6.45, 7) is 4.22. The Kier molecular flexibility index (Phi) is 5.90. The Morgan fingerprint density at radius 2 is 1.69 bits per heavy atom. The summed E-state index contributed by atoms with van der Waals surface area (Å²) in [4.78, 5) is 20.0. The zero-order valence-corrected chi connectivity index (χ0v) is 24.1. The Labute approximate surface area is 239 Å². The number of hydrogen-bond donors (Lipinski definition) is 0. The summed E-state index contributed by atoms with van der Waals surface area (Å²) in [5, 5.41) is 0. The predicted octanol–water partition coefficient (Wildman–Crippen LogP) is 6.49. The summed E-state index contributed by atoms with van der Waals surface area (Å²) >= 11 is 5.02. The Bertz CT molecular complexity index is 1960. The normalized spacial score (nSPS) is 16.5. The molecule has 1 atom stereocenters. The molecule has 2 aromatic heterocycles. The van der Waals surface area contributed by atoms with Crippen LogP contribution in [0, 0.1) is 13.8 Å². The third kappa shape index (κ3) is 4.01. The van der Waals surface area contributed by atoms with Crippen LogP contribution in [0.4, 0.5) is 0 Å².